The zero-order valence-corrected chi connectivity index (χ0v) is 20.5. The molecule has 1 aliphatic rings. The third-order valence-electron chi connectivity index (χ3n) is 5.38. The van der Waals surface area contributed by atoms with Crippen LogP contribution in [-0.2, 0) is 32.0 Å². The topological polar surface area (TPSA) is 105 Å². The van der Waals surface area contributed by atoms with E-state index < -0.39 is 35.9 Å². The smallest absolute Gasteiger partial charge is 0.346 e. The van der Waals surface area contributed by atoms with Gasteiger partial charge in [0.15, 0.2) is 12.4 Å². The number of carbonyl (C=O) groups is 2. The SMILES string of the molecule is COC(=O)[C@@H](C)Oc1ccc(CNC(=O)c2cc(F)cnc2OC2=COC(Cc3ccccc3)O2)c(F)c1. The van der Waals surface area contributed by atoms with Crippen molar-refractivity contribution in [3.05, 3.63) is 101 Å². The van der Waals surface area contributed by atoms with Crippen LogP contribution in [0.15, 0.2) is 73.0 Å². The molecular formula is C27H24F2N2O7. The first-order chi connectivity index (χ1) is 18.3. The molecular weight excluding hydrogens is 502 g/mol. The van der Waals surface area contributed by atoms with E-state index in [1.54, 1.807) is 0 Å². The lowest BCUT2D eigenvalue weighted by atomic mass is 10.1. The van der Waals surface area contributed by atoms with E-state index in [0.29, 0.717) is 6.42 Å². The highest BCUT2D eigenvalue weighted by molar-refractivity contribution is 5.96. The quantitative estimate of drug-likeness (QED) is 0.395. The Balaban J connectivity index is 1.37. The van der Waals surface area contributed by atoms with Crippen molar-refractivity contribution in [2.24, 2.45) is 0 Å². The second-order valence-electron chi connectivity index (χ2n) is 8.14. The number of aromatic nitrogens is 1. The van der Waals surface area contributed by atoms with Gasteiger partial charge in [0.25, 0.3) is 5.91 Å². The summed E-state index contributed by atoms with van der Waals surface area (Å²) in [4.78, 5) is 28.1. The molecule has 0 saturated heterocycles. The van der Waals surface area contributed by atoms with Crippen LogP contribution in [0.4, 0.5) is 8.78 Å². The van der Waals surface area contributed by atoms with Crippen molar-refractivity contribution in [1.29, 1.82) is 0 Å². The van der Waals surface area contributed by atoms with E-state index >= 15 is 0 Å². The zero-order chi connectivity index (χ0) is 27.1. The number of pyridine rings is 1. The highest BCUT2D eigenvalue weighted by Gasteiger charge is 2.25. The van der Waals surface area contributed by atoms with Crippen molar-refractivity contribution in [1.82, 2.24) is 10.3 Å². The molecule has 198 valence electrons. The van der Waals surface area contributed by atoms with Crippen molar-refractivity contribution in [3.8, 4) is 11.6 Å². The minimum absolute atomic E-state index is 0.0538. The summed E-state index contributed by atoms with van der Waals surface area (Å²) in [5.74, 6) is -2.98. The maximum atomic E-state index is 14.6. The van der Waals surface area contributed by atoms with E-state index in [1.165, 1.54) is 32.4 Å². The Kier molecular flexibility index (Phi) is 8.37. The molecule has 1 aliphatic heterocycles. The molecule has 0 fully saturated rings. The normalized spacial score (nSPS) is 14.9. The monoisotopic (exact) mass is 526 g/mol. The van der Waals surface area contributed by atoms with E-state index in [2.05, 4.69) is 15.0 Å². The number of hydrogen-bond acceptors (Lipinski definition) is 8. The standard InChI is InChI=1S/C27H24F2N2O7/c1-16(27(33)34-2)36-20-9-8-18(22(29)12-20)13-30-25(32)21-11-19(28)14-31-26(21)38-24-15-35-23(37-24)10-17-6-4-3-5-7-17/h3-9,11-12,14-16,23H,10,13H2,1-2H3,(H,30,32)/t16-,23?/m1/s1. The van der Waals surface area contributed by atoms with Crippen LogP contribution in [0.2, 0.25) is 0 Å². The average molecular weight is 526 g/mol. The maximum absolute atomic E-state index is 14.6. The number of nitrogens with one attached hydrogen (secondary N) is 1. The lowest BCUT2D eigenvalue weighted by molar-refractivity contribution is -0.147. The van der Waals surface area contributed by atoms with Crippen LogP contribution in [0.3, 0.4) is 0 Å². The molecule has 0 saturated carbocycles. The van der Waals surface area contributed by atoms with Gasteiger partial charge in [0, 0.05) is 24.6 Å². The van der Waals surface area contributed by atoms with Gasteiger partial charge in [0.05, 0.1) is 13.3 Å². The molecule has 0 bridgehead atoms. The molecule has 0 spiro atoms. The maximum Gasteiger partial charge on any atom is 0.346 e. The van der Waals surface area contributed by atoms with E-state index in [4.69, 9.17) is 18.9 Å². The number of rotatable bonds is 10. The highest BCUT2D eigenvalue weighted by atomic mass is 19.1. The van der Waals surface area contributed by atoms with E-state index in [1.807, 2.05) is 30.3 Å². The van der Waals surface area contributed by atoms with Gasteiger partial charge in [-0.25, -0.2) is 18.6 Å². The van der Waals surface area contributed by atoms with Gasteiger partial charge in [0.2, 0.25) is 12.2 Å². The number of nitrogens with zero attached hydrogens (tertiary/aromatic N) is 1. The third-order valence-corrected chi connectivity index (χ3v) is 5.38. The fourth-order valence-electron chi connectivity index (χ4n) is 3.46. The predicted molar refractivity (Wildman–Crippen MR) is 129 cm³/mol. The van der Waals surface area contributed by atoms with Crippen LogP contribution in [0.5, 0.6) is 11.6 Å². The Labute approximate surface area is 216 Å². The number of amides is 1. The lowest BCUT2D eigenvalue weighted by Crippen LogP contribution is -2.25. The molecule has 4 rings (SSSR count). The second kappa shape index (κ2) is 12.0. The van der Waals surface area contributed by atoms with Crippen LogP contribution in [0.25, 0.3) is 0 Å². The Hall–Kier alpha value is -4.67. The van der Waals surface area contributed by atoms with E-state index in [-0.39, 0.29) is 35.2 Å². The van der Waals surface area contributed by atoms with Gasteiger partial charge in [-0.05, 0) is 24.6 Å². The molecule has 2 atom stereocenters. The number of carbonyl (C=O) groups excluding carboxylic acids is 2. The summed E-state index contributed by atoms with van der Waals surface area (Å²) in [7, 11) is 1.22. The number of esters is 1. The molecule has 0 radical (unpaired) electrons. The summed E-state index contributed by atoms with van der Waals surface area (Å²) in [6, 6.07) is 14.4. The molecule has 11 heteroatoms. The summed E-state index contributed by atoms with van der Waals surface area (Å²) < 4.78 is 55.0. The molecule has 9 nitrogen and oxygen atoms in total. The molecule has 1 N–H and O–H groups in total. The number of halogens is 2. The minimum Gasteiger partial charge on any atom is -0.479 e. The first kappa shape index (κ1) is 26.4. The predicted octanol–water partition coefficient (Wildman–Crippen LogP) is 4.02. The molecule has 1 unspecified atom stereocenters. The van der Waals surface area contributed by atoms with Crippen LogP contribution < -0.4 is 14.8 Å². The van der Waals surface area contributed by atoms with Gasteiger partial charge < -0.3 is 29.0 Å². The van der Waals surface area contributed by atoms with E-state index in [0.717, 1.165) is 23.9 Å². The molecule has 1 aromatic heterocycles. The van der Waals surface area contributed by atoms with Gasteiger partial charge in [-0.2, -0.15) is 0 Å². The fraction of sp³-hybridized carbons (Fsp3) is 0.222. The van der Waals surface area contributed by atoms with Gasteiger partial charge in [-0.15, -0.1) is 0 Å². The summed E-state index contributed by atoms with van der Waals surface area (Å²) in [5.41, 5.74) is 0.882. The van der Waals surface area contributed by atoms with Crippen molar-refractivity contribution in [2.45, 2.75) is 32.3 Å². The van der Waals surface area contributed by atoms with Crippen molar-refractivity contribution < 1.29 is 42.1 Å². The van der Waals surface area contributed by atoms with Crippen LogP contribution >= 0.6 is 0 Å². The lowest BCUT2D eigenvalue weighted by Gasteiger charge is -2.14. The molecule has 3 aromatic rings. The van der Waals surface area contributed by atoms with Crippen molar-refractivity contribution in [2.75, 3.05) is 7.11 Å². The first-order valence-corrected chi connectivity index (χ1v) is 11.5. The largest absolute Gasteiger partial charge is 0.479 e. The Bertz CT molecular complexity index is 1330. The summed E-state index contributed by atoms with van der Waals surface area (Å²) in [5, 5.41) is 2.51. The summed E-state index contributed by atoms with van der Waals surface area (Å²) >= 11 is 0. The third kappa shape index (κ3) is 6.75. The molecule has 0 aliphatic carbocycles. The Morgan fingerprint density at radius 3 is 2.66 bits per heavy atom. The Morgan fingerprint density at radius 2 is 1.92 bits per heavy atom. The van der Waals surface area contributed by atoms with Crippen molar-refractivity contribution in [3.63, 3.8) is 0 Å². The summed E-state index contributed by atoms with van der Waals surface area (Å²) in [6.07, 6.45) is 1.00. The van der Waals surface area contributed by atoms with Crippen LogP contribution in [0, 0.1) is 11.6 Å². The number of methoxy groups -OCH3 is 1. The van der Waals surface area contributed by atoms with Crippen LogP contribution in [0.1, 0.15) is 28.4 Å². The highest BCUT2D eigenvalue weighted by Crippen LogP contribution is 2.25. The van der Waals surface area contributed by atoms with Gasteiger partial charge >= 0.3 is 11.9 Å². The van der Waals surface area contributed by atoms with Crippen molar-refractivity contribution >= 4 is 11.9 Å². The minimum atomic E-state index is -0.929. The van der Waals surface area contributed by atoms with Gasteiger partial charge in [-0.1, -0.05) is 36.4 Å². The van der Waals surface area contributed by atoms with E-state index in [9.17, 15) is 18.4 Å². The molecule has 38 heavy (non-hydrogen) atoms. The second-order valence-corrected chi connectivity index (χ2v) is 8.14. The number of ether oxygens (including phenoxy) is 5. The number of hydrogen-bond donors (Lipinski definition) is 1. The summed E-state index contributed by atoms with van der Waals surface area (Å²) in [6.45, 7) is 1.24. The zero-order valence-electron chi connectivity index (χ0n) is 20.5. The average Bonchev–Trinajstić information content (AvgIpc) is 3.35. The fourth-order valence-corrected chi connectivity index (χ4v) is 3.46. The molecule has 1 amide bonds. The van der Waals surface area contributed by atoms with Gasteiger partial charge in [-0.3, -0.25) is 4.79 Å². The first-order valence-electron chi connectivity index (χ1n) is 11.5. The number of benzene rings is 2. The van der Waals surface area contributed by atoms with Gasteiger partial charge in [0.1, 0.15) is 22.9 Å². The molecule has 2 aromatic carbocycles. The Morgan fingerprint density at radius 1 is 1.13 bits per heavy atom. The van der Waals surface area contributed by atoms with Crippen LogP contribution in [-0.4, -0.2) is 36.4 Å². The molecule has 2 heterocycles.